The van der Waals surface area contributed by atoms with Crippen molar-refractivity contribution in [2.45, 2.75) is 65.4 Å². The van der Waals surface area contributed by atoms with Crippen LogP contribution in [0.5, 0.6) is 0 Å². The second kappa shape index (κ2) is 6.88. The minimum Gasteiger partial charge on any atom is -0.392 e. The molecule has 1 saturated carbocycles. The van der Waals surface area contributed by atoms with Crippen LogP contribution < -0.4 is 5.73 Å². The van der Waals surface area contributed by atoms with E-state index in [0.29, 0.717) is 6.54 Å². The van der Waals surface area contributed by atoms with E-state index in [2.05, 4.69) is 20.8 Å². The van der Waals surface area contributed by atoms with Crippen LogP contribution in [-0.4, -0.2) is 31.0 Å². The summed E-state index contributed by atoms with van der Waals surface area (Å²) in [6.45, 7) is 8.59. The highest BCUT2D eigenvalue weighted by atomic mass is 16.5. The zero-order chi connectivity index (χ0) is 13.6. The first-order valence-corrected chi connectivity index (χ1v) is 7.44. The highest BCUT2D eigenvalue weighted by Gasteiger charge is 2.47. The Hall–Kier alpha value is -0.120. The fourth-order valence-corrected chi connectivity index (χ4v) is 3.20. The number of unbranched alkanes of at least 4 members (excludes halogenated alkanes) is 1. The standard InChI is InChI=1S/C15H31NO2/c1-4-5-10-18-11-9-15(12-16)8-6-7-14(2,3)13(15)17/h13,17H,4-12,16H2,1-3H3. The molecule has 1 aliphatic rings. The van der Waals surface area contributed by atoms with Gasteiger partial charge in [-0.25, -0.2) is 0 Å². The summed E-state index contributed by atoms with van der Waals surface area (Å²) in [5.41, 5.74) is 5.83. The number of rotatable bonds is 7. The lowest BCUT2D eigenvalue weighted by Crippen LogP contribution is -2.52. The van der Waals surface area contributed by atoms with Crippen LogP contribution in [0.1, 0.15) is 59.3 Å². The summed E-state index contributed by atoms with van der Waals surface area (Å²) in [7, 11) is 0. The molecule has 0 amide bonds. The molecule has 0 aromatic heterocycles. The minimum atomic E-state index is -0.307. The number of hydrogen-bond acceptors (Lipinski definition) is 3. The van der Waals surface area contributed by atoms with E-state index in [1.807, 2.05) is 0 Å². The van der Waals surface area contributed by atoms with E-state index in [4.69, 9.17) is 10.5 Å². The van der Waals surface area contributed by atoms with Gasteiger partial charge >= 0.3 is 0 Å². The van der Waals surface area contributed by atoms with Crippen molar-refractivity contribution in [2.24, 2.45) is 16.6 Å². The lowest BCUT2D eigenvalue weighted by molar-refractivity contribution is -0.101. The van der Waals surface area contributed by atoms with Gasteiger partial charge < -0.3 is 15.6 Å². The van der Waals surface area contributed by atoms with E-state index < -0.39 is 0 Å². The SMILES string of the molecule is CCCCOCCC1(CN)CCCC(C)(C)C1O. The van der Waals surface area contributed by atoms with E-state index in [-0.39, 0.29) is 16.9 Å². The van der Waals surface area contributed by atoms with E-state index in [9.17, 15) is 5.11 Å². The van der Waals surface area contributed by atoms with Gasteiger partial charge in [0.1, 0.15) is 0 Å². The van der Waals surface area contributed by atoms with Gasteiger partial charge in [0.2, 0.25) is 0 Å². The van der Waals surface area contributed by atoms with Crippen molar-refractivity contribution in [1.29, 1.82) is 0 Å². The number of ether oxygens (including phenoxy) is 1. The monoisotopic (exact) mass is 257 g/mol. The van der Waals surface area contributed by atoms with Gasteiger partial charge in [-0.1, -0.05) is 33.6 Å². The molecule has 0 spiro atoms. The van der Waals surface area contributed by atoms with Gasteiger partial charge in [0.25, 0.3) is 0 Å². The van der Waals surface area contributed by atoms with Crippen LogP contribution in [-0.2, 0) is 4.74 Å². The molecular formula is C15H31NO2. The highest BCUT2D eigenvalue weighted by molar-refractivity contribution is 4.98. The average Bonchev–Trinajstić information content (AvgIpc) is 2.34. The third-order valence-electron chi connectivity index (χ3n) is 4.61. The molecule has 0 aliphatic heterocycles. The third kappa shape index (κ3) is 3.69. The lowest BCUT2D eigenvalue weighted by Gasteiger charge is -2.49. The van der Waals surface area contributed by atoms with Crippen LogP contribution in [0.25, 0.3) is 0 Å². The molecule has 0 aromatic carbocycles. The van der Waals surface area contributed by atoms with Crippen molar-refractivity contribution in [3.05, 3.63) is 0 Å². The van der Waals surface area contributed by atoms with E-state index in [0.717, 1.165) is 51.7 Å². The number of hydrogen-bond donors (Lipinski definition) is 2. The molecule has 3 nitrogen and oxygen atoms in total. The zero-order valence-corrected chi connectivity index (χ0v) is 12.4. The average molecular weight is 257 g/mol. The van der Waals surface area contributed by atoms with Gasteiger partial charge in [0, 0.05) is 25.2 Å². The molecule has 1 fully saturated rings. The molecule has 18 heavy (non-hydrogen) atoms. The quantitative estimate of drug-likeness (QED) is 0.689. The van der Waals surface area contributed by atoms with Gasteiger partial charge in [-0.3, -0.25) is 0 Å². The molecule has 0 aromatic rings. The van der Waals surface area contributed by atoms with Crippen LogP contribution in [0, 0.1) is 10.8 Å². The Bertz CT molecular complexity index is 243. The first kappa shape index (κ1) is 15.9. The van der Waals surface area contributed by atoms with Gasteiger partial charge in [-0.15, -0.1) is 0 Å². The van der Waals surface area contributed by atoms with E-state index in [1.54, 1.807) is 0 Å². The van der Waals surface area contributed by atoms with Gasteiger partial charge in [0.05, 0.1) is 6.10 Å². The van der Waals surface area contributed by atoms with Gasteiger partial charge in [-0.05, 0) is 31.1 Å². The molecule has 3 heteroatoms. The topological polar surface area (TPSA) is 55.5 Å². The predicted octanol–water partition coefficient (Wildman–Crippen LogP) is 2.71. The summed E-state index contributed by atoms with van der Waals surface area (Å²) >= 11 is 0. The van der Waals surface area contributed by atoms with Gasteiger partial charge in [0.15, 0.2) is 0 Å². The Kier molecular flexibility index (Phi) is 6.09. The summed E-state index contributed by atoms with van der Waals surface area (Å²) in [4.78, 5) is 0. The van der Waals surface area contributed by atoms with Crippen molar-refractivity contribution in [1.82, 2.24) is 0 Å². The molecule has 108 valence electrons. The Morgan fingerprint density at radius 2 is 2.00 bits per heavy atom. The Morgan fingerprint density at radius 1 is 1.28 bits per heavy atom. The number of aliphatic hydroxyl groups excluding tert-OH is 1. The van der Waals surface area contributed by atoms with Crippen molar-refractivity contribution in [3.63, 3.8) is 0 Å². The third-order valence-corrected chi connectivity index (χ3v) is 4.61. The second-order valence-electron chi connectivity index (χ2n) is 6.53. The molecule has 0 heterocycles. The molecule has 2 unspecified atom stereocenters. The first-order valence-electron chi connectivity index (χ1n) is 7.44. The van der Waals surface area contributed by atoms with Crippen molar-refractivity contribution < 1.29 is 9.84 Å². The molecular weight excluding hydrogens is 226 g/mol. The summed E-state index contributed by atoms with van der Waals surface area (Å²) in [5.74, 6) is 0. The largest absolute Gasteiger partial charge is 0.392 e. The molecule has 1 rings (SSSR count). The maximum atomic E-state index is 10.6. The maximum absolute atomic E-state index is 10.6. The van der Waals surface area contributed by atoms with Crippen molar-refractivity contribution >= 4 is 0 Å². The predicted molar refractivity (Wildman–Crippen MR) is 75.5 cm³/mol. The molecule has 1 aliphatic carbocycles. The van der Waals surface area contributed by atoms with Crippen LogP contribution in [0.3, 0.4) is 0 Å². The Labute approximate surface area is 112 Å². The molecule has 3 N–H and O–H groups in total. The summed E-state index contributed by atoms with van der Waals surface area (Å²) in [6.07, 6.45) is 6.14. The molecule has 0 bridgehead atoms. The molecule has 2 atom stereocenters. The summed E-state index contributed by atoms with van der Waals surface area (Å²) < 4.78 is 5.65. The van der Waals surface area contributed by atoms with E-state index >= 15 is 0 Å². The molecule has 0 radical (unpaired) electrons. The molecule has 0 saturated heterocycles. The maximum Gasteiger partial charge on any atom is 0.0660 e. The second-order valence-corrected chi connectivity index (χ2v) is 6.53. The lowest BCUT2D eigenvalue weighted by atomic mass is 9.60. The highest BCUT2D eigenvalue weighted by Crippen LogP contribution is 2.47. The minimum absolute atomic E-state index is 0.0129. The van der Waals surface area contributed by atoms with Crippen molar-refractivity contribution in [3.8, 4) is 0 Å². The van der Waals surface area contributed by atoms with Crippen LogP contribution >= 0.6 is 0 Å². The Balaban J connectivity index is 2.50. The Morgan fingerprint density at radius 3 is 2.61 bits per heavy atom. The van der Waals surface area contributed by atoms with Crippen LogP contribution in [0.15, 0.2) is 0 Å². The summed E-state index contributed by atoms with van der Waals surface area (Å²) in [5, 5.41) is 10.6. The van der Waals surface area contributed by atoms with Crippen LogP contribution in [0.2, 0.25) is 0 Å². The normalized spacial score (nSPS) is 31.5. The number of aliphatic hydroxyl groups is 1. The van der Waals surface area contributed by atoms with Gasteiger partial charge in [-0.2, -0.15) is 0 Å². The smallest absolute Gasteiger partial charge is 0.0660 e. The summed E-state index contributed by atoms with van der Waals surface area (Å²) in [6, 6.07) is 0. The zero-order valence-electron chi connectivity index (χ0n) is 12.4. The number of nitrogens with two attached hydrogens (primary N) is 1. The van der Waals surface area contributed by atoms with Crippen molar-refractivity contribution in [2.75, 3.05) is 19.8 Å². The van der Waals surface area contributed by atoms with Crippen LogP contribution in [0.4, 0.5) is 0 Å². The van der Waals surface area contributed by atoms with E-state index in [1.165, 1.54) is 0 Å². The fraction of sp³-hybridized carbons (Fsp3) is 1.00. The first-order chi connectivity index (χ1) is 8.48. The fourth-order valence-electron chi connectivity index (χ4n) is 3.20.